The van der Waals surface area contributed by atoms with Gasteiger partial charge in [0, 0.05) is 0 Å². The summed E-state index contributed by atoms with van der Waals surface area (Å²) in [6.45, 7) is 15.1. The molecule has 0 bridgehead atoms. The molecule has 224 valence electrons. The molecular weight excluding hydrogens is 472 g/mol. The van der Waals surface area contributed by atoms with Crippen molar-refractivity contribution in [1.29, 1.82) is 0 Å². The molecule has 4 atom stereocenters. The van der Waals surface area contributed by atoms with Crippen molar-refractivity contribution in [1.82, 2.24) is 0 Å². The highest BCUT2D eigenvalue weighted by molar-refractivity contribution is 5.75. The van der Waals surface area contributed by atoms with E-state index in [1.807, 2.05) is 0 Å². The molecule has 4 nitrogen and oxygen atoms in total. The Morgan fingerprint density at radius 3 is 1.21 bits per heavy atom. The number of rotatable bonds is 22. The zero-order chi connectivity index (χ0) is 28.2. The molecule has 1 aliphatic carbocycles. The van der Waals surface area contributed by atoms with Crippen LogP contribution in [0.2, 0.25) is 0 Å². The monoisotopic (exact) mass is 536 g/mol. The van der Waals surface area contributed by atoms with Crippen molar-refractivity contribution in [2.24, 2.45) is 35.5 Å². The summed E-state index contributed by atoms with van der Waals surface area (Å²) in [6.07, 6.45) is 20.1. The molecule has 0 heterocycles. The molecule has 0 aromatic carbocycles. The van der Waals surface area contributed by atoms with Gasteiger partial charge >= 0.3 is 11.9 Å². The van der Waals surface area contributed by atoms with Crippen LogP contribution in [-0.4, -0.2) is 25.2 Å². The number of hydrogen-bond acceptors (Lipinski definition) is 4. The summed E-state index contributed by atoms with van der Waals surface area (Å²) < 4.78 is 11.1. The van der Waals surface area contributed by atoms with E-state index in [9.17, 15) is 9.59 Å². The van der Waals surface area contributed by atoms with Crippen LogP contribution in [0.15, 0.2) is 0 Å². The highest BCUT2D eigenvalue weighted by Crippen LogP contribution is 2.30. The Hall–Kier alpha value is -1.06. The van der Waals surface area contributed by atoms with Crippen LogP contribution in [0.1, 0.15) is 157 Å². The fourth-order valence-corrected chi connectivity index (χ4v) is 5.52. The van der Waals surface area contributed by atoms with Gasteiger partial charge in [-0.2, -0.15) is 0 Å². The zero-order valence-corrected chi connectivity index (χ0v) is 26.2. The van der Waals surface area contributed by atoms with Gasteiger partial charge in [-0.1, -0.05) is 119 Å². The smallest absolute Gasteiger partial charge is 0.308 e. The lowest BCUT2D eigenvalue weighted by atomic mass is 9.82. The van der Waals surface area contributed by atoms with Gasteiger partial charge in [0.05, 0.1) is 25.0 Å². The van der Waals surface area contributed by atoms with Gasteiger partial charge in [-0.25, -0.2) is 0 Å². The Labute approximate surface area is 236 Å². The van der Waals surface area contributed by atoms with Crippen molar-refractivity contribution in [3.05, 3.63) is 0 Å². The summed E-state index contributed by atoms with van der Waals surface area (Å²) in [5.41, 5.74) is 0. The van der Waals surface area contributed by atoms with Crippen LogP contribution in [-0.2, 0) is 19.1 Å². The summed E-state index contributed by atoms with van der Waals surface area (Å²) in [6, 6.07) is 0. The largest absolute Gasteiger partial charge is 0.465 e. The molecule has 0 aromatic rings. The Balaban J connectivity index is 2.03. The number of carbonyl (C=O) groups excluding carboxylic acids is 2. The molecule has 0 N–H and O–H groups in total. The Kier molecular flexibility index (Phi) is 20.0. The van der Waals surface area contributed by atoms with Crippen LogP contribution in [0.25, 0.3) is 0 Å². The van der Waals surface area contributed by atoms with E-state index in [1.54, 1.807) is 0 Å². The standard InChI is InChI=1S/C34H64O4/c1-7-27(3)17-19-29(5)15-11-9-13-25-37-33(35)31-21-23-32(24-22-31)34(36)38-26-14-10-12-16-30(6)20-18-28(4)8-2/h27-32H,7-26H2,1-6H3. The lowest BCUT2D eigenvalue weighted by Gasteiger charge is -2.26. The minimum Gasteiger partial charge on any atom is -0.465 e. The number of hydrogen-bond donors (Lipinski definition) is 0. The normalized spacial score (nSPS) is 20.9. The summed E-state index contributed by atoms with van der Waals surface area (Å²) in [5.74, 6) is 3.09. The minimum absolute atomic E-state index is 0.0399. The molecule has 38 heavy (non-hydrogen) atoms. The average molecular weight is 537 g/mol. The molecule has 0 saturated heterocycles. The van der Waals surface area contributed by atoms with Gasteiger partial charge in [0.1, 0.15) is 0 Å². The molecule has 0 radical (unpaired) electrons. The number of carbonyl (C=O) groups is 2. The van der Waals surface area contributed by atoms with Crippen molar-refractivity contribution in [3.63, 3.8) is 0 Å². The van der Waals surface area contributed by atoms with E-state index in [1.165, 1.54) is 64.2 Å². The third-order valence-electron chi connectivity index (χ3n) is 9.26. The Morgan fingerprint density at radius 2 is 0.868 bits per heavy atom. The van der Waals surface area contributed by atoms with Gasteiger partial charge in [-0.05, 0) is 62.2 Å². The molecule has 1 fully saturated rings. The minimum atomic E-state index is -0.0582. The number of unbranched alkanes of at least 4 members (excludes halogenated alkanes) is 4. The van der Waals surface area contributed by atoms with Gasteiger partial charge in [0.15, 0.2) is 0 Å². The van der Waals surface area contributed by atoms with Crippen molar-refractivity contribution in [2.75, 3.05) is 13.2 Å². The van der Waals surface area contributed by atoms with E-state index in [-0.39, 0.29) is 23.8 Å². The first-order valence-corrected chi connectivity index (χ1v) is 16.6. The van der Waals surface area contributed by atoms with Gasteiger partial charge in [0.2, 0.25) is 0 Å². The predicted octanol–water partition coefficient (Wildman–Crippen LogP) is 9.92. The zero-order valence-electron chi connectivity index (χ0n) is 26.2. The molecule has 0 amide bonds. The van der Waals surface area contributed by atoms with Crippen LogP contribution in [0, 0.1) is 35.5 Å². The Morgan fingerprint density at radius 1 is 0.526 bits per heavy atom. The topological polar surface area (TPSA) is 52.6 Å². The maximum Gasteiger partial charge on any atom is 0.308 e. The van der Waals surface area contributed by atoms with Gasteiger partial charge in [0.25, 0.3) is 0 Å². The van der Waals surface area contributed by atoms with E-state index in [2.05, 4.69) is 41.5 Å². The second-order valence-corrected chi connectivity index (χ2v) is 13.0. The quantitative estimate of drug-likeness (QED) is 0.102. The van der Waals surface area contributed by atoms with Crippen molar-refractivity contribution in [3.8, 4) is 0 Å². The molecule has 1 saturated carbocycles. The molecular formula is C34H64O4. The Bertz CT molecular complexity index is 543. The summed E-state index contributed by atoms with van der Waals surface area (Å²) in [4.78, 5) is 24.9. The van der Waals surface area contributed by atoms with Gasteiger partial charge in [-0.15, -0.1) is 0 Å². The first-order chi connectivity index (χ1) is 18.3. The molecule has 0 aliphatic heterocycles. The maximum atomic E-state index is 12.5. The summed E-state index contributed by atoms with van der Waals surface area (Å²) >= 11 is 0. The van der Waals surface area contributed by atoms with E-state index >= 15 is 0 Å². The number of esters is 2. The van der Waals surface area contributed by atoms with Crippen molar-refractivity contribution < 1.29 is 19.1 Å². The van der Waals surface area contributed by atoms with E-state index in [0.717, 1.165) is 75.0 Å². The summed E-state index contributed by atoms with van der Waals surface area (Å²) in [5, 5.41) is 0. The SMILES string of the molecule is CCC(C)CCC(C)CCCCCOC(=O)C1CCC(C(=O)OCCCCCC(C)CCC(C)CC)CC1. The third-order valence-corrected chi connectivity index (χ3v) is 9.26. The van der Waals surface area contributed by atoms with Gasteiger partial charge < -0.3 is 9.47 Å². The van der Waals surface area contributed by atoms with Crippen LogP contribution in [0.4, 0.5) is 0 Å². The molecule has 4 unspecified atom stereocenters. The fourth-order valence-electron chi connectivity index (χ4n) is 5.52. The van der Waals surface area contributed by atoms with Crippen LogP contribution in [0.5, 0.6) is 0 Å². The first-order valence-electron chi connectivity index (χ1n) is 16.6. The second kappa shape index (κ2) is 21.7. The van der Waals surface area contributed by atoms with E-state index < -0.39 is 0 Å². The maximum absolute atomic E-state index is 12.5. The molecule has 1 rings (SSSR count). The first kappa shape index (κ1) is 35.0. The van der Waals surface area contributed by atoms with E-state index in [0.29, 0.717) is 13.2 Å². The average Bonchev–Trinajstić information content (AvgIpc) is 2.93. The van der Waals surface area contributed by atoms with Crippen molar-refractivity contribution in [2.45, 2.75) is 157 Å². The number of ether oxygens (including phenoxy) is 2. The van der Waals surface area contributed by atoms with Crippen LogP contribution >= 0.6 is 0 Å². The molecule has 1 aliphatic rings. The van der Waals surface area contributed by atoms with Gasteiger partial charge in [-0.3, -0.25) is 9.59 Å². The highest BCUT2D eigenvalue weighted by atomic mass is 16.5. The lowest BCUT2D eigenvalue weighted by Crippen LogP contribution is -2.28. The third kappa shape index (κ3) is 16.8. The lowest BCUT2D eigenvalue weighted by molar-refractivity contribution is -0.155. The molecule has 0 spiro atoms. The molecule has 0 aromatic heterocycles. The highest BCUT2D eigenvalue weighted by Gasteiger charge is 2.31. The fraction of sp³-hybridized carbons (Fsp3) is 0.941. The van der Waals surface area contributed by atoms with Crippen LogP contribution < -0.4 is 0 Å². The second-order valence-electron chi connectivity index (χ2n) is 13.0. The van der Waals surface area contributed by atoms with Crippen LogP contribution in [0.3, 0.4) is 0 Å². The predicted molar refractivity (Wildman–Crippen MR) is 160 cm³/mol. The van der Waals surface area contributed by atoms with E-state index in [4.69, 9.17) is 9.47 Å². The van der Waals surface area contributed by atoms with Crippen molar-refractivity contribution >= 4 is 11.9 Å². The summed E-state index contributed by atoms with van der Waals surface area (Å²) in [7, 11) is 0. The molecule has 4 heteroatoms.